The Hall–Kier alpha value is -2.41. The number of aromatic nitrogens is 1. The van der Waals surface area contributed by atoms with Gasteiger partial charge in [0.1, 0.15) is 16.5 Å². The van der Waals surface area contributed by atoms with Crippen molar-refractivity contribution in [1.29, 1.82) is 0 Å². The van der Waals surface area contributed by atoms with Gasteiger partial charge in [-0.05, 0) is 45.0 Å². The average Bonchev–Trinajstić information content (AvgIpc) is 3.03. The molecule has 0 saturated carbocycles. The highest BCUT2D eigenvalue weighted by molar-refractivity contribution is 7.13. The number of carboxylic acid groups (broad SMARTS) is 1. The van der Waals surface area contributed by atoms with Gasteiger partial charge in [-0.1, -0.05) is 0 Å². The number of hydrogen-bond donors (Lipinski definition) is 2. The van der Waals surface area contributed by atoms with Crippen LogP contribution in [0.2, 0.25) is 0 Å². The topological polar surface area (TPSA) is 88.5 Å². The summed E-state index contributed by atoms with van der Waals surface area (Å²) >= 11 is 1.36. The zero-order chi connectivity index (χ0) is 17.7. The zero-order valence-corrected chi connectivity index (χ0v) is 14.6. The highest BCUT2D eigenvalue weighted by atomic mass is 32.1. The molecule has 0 radical (unpaired) electrons. The van der Waals surface area contributed by atoms with E-state index in [9.17, 15) is 9.59 Å². The number of nitrogens with zero attached hydrogens (tertiary/aromatic N) is 1. The van der Waals surface area contributed by atoms with E-state index in [4.69, 9.17) is 9.84 Å². The van der Waals surface area contributed by atoms with Gasteiger partial charge < -0.3 is 15.2 Å². The minimum absolute atomic E-state index is 0.0388. The van der Waals surface area contributed by atoms with E-state index in [0.29, 0.717) is 6.61 Å². The van der Waals surface area contributed by atoms with Gasteiger partial charge in [-0.3, -0.25) is 9.59 Å². The van der Waals surface area contributed by atoms with Crippen LogP contribution in [-0.2, 0) is 4.79 Å². The Morgan fingerprint density at radius 3 is 2.54 bits per heavy atom. The van der Waals surface area contributed by atoms with Gasteiger partial charge in [0.25, 0.3) is 5.91 Å². The Morgan fingerprint density at radius 2 is 1.96 bits per heavy atom. The summed E-state index contributed by atoms with van der Waals surface area (Å²) in [5.74, 6) is -0.555. The van der Waals surface area contributed by atoms with Gasteiger partial charge in [-0.15, -0.1) is 11.3 Å². The average molecular weight is 348 g/mol. The molecule has 0 aliphatic heterocycles. The number of rotatable bonds is 7. The molecule has 1 aromatic carbocycles. The second-order valence-corrected chi connectivity index (χ2v) is 6.73. The van der Waals surface area contributed by atoms with Gasteiger partial charge in [0.2, 0.25) is 0 Å². The Balaban J connectivity index is 2.04. The number of carbonyl (C=O) groups is 2. The van der Waals surface area contributed by atoms with E-state index in [2.05, 4.69) is 10.3 Å². The molecule has 0 bridgehead atoms. The summed E-state index contributed by atoms with van der Waals surface area (Å²) in [6, 6.07) is 7.49. The fraction of sp³-hybridized carbons (Fsp3) is 0.353. The Morgan fingerprint density at radius 1 is 1.29 bits per heavy atom. The molecule has 0 fully saturated rings. The summed E-state index contributed by atoms with van der Waals surface area (Å²) in [4.78, 5) is 27.5. The Kier molecular flexibility index (Phi) is 5.56. The van der Waals surface area contributed by atoms with Crippen LogP contribution in [0.1, 0.15) is 31.3 Å². The molecule has 1 aromatic heterocycles. The normalized spacial score (nSPS) is 11.1. The van der Waals surface area contributed by atoms with Crippen molar-refractivity contribution >= 4 is 23.2 Å². The quantitative estimate of drug-likeness (QED) is 0.803. The molecule has 0 unspecified atom stereocenters. The molecule has 6 nitrogen and oxygen atoms in total. The molecule has 2 aromatic rings. The Labute approximate surface area is 144 Å². The minimum Gasteiger partial charge on any atom is -0.494 e. The first-order valence-corrected chi connectivity index (χ1v) is 8.42. The molecular weight excluding hydrogens is 328 g/mol. The number of carbonyl (C=O) groups excluding carboxylic acids is 1. The predicted octanol–water partition coefficient (Wildman–Crippen LogP) is 3.05. The maximum Gasteiger partial charge on any atom is 0.310 e. The van der Waals surface area contributed by atoms with Crippen molar-refractivity contribution in [3.63, 3.8) is 0 Å². The first-order chi connectivity index (χ1) is 11.3. The lowest BCUT2D eigenvalue weighted by Gasteiger charge is -2.18. The molecule has 128 valence electrons. The lowest BCUT2D eigenvalue weighted by atomic mass is 9.94. The van der Waals surface area contributed by atoms with E-state index in [-0.39, 0.29) is 18.1 Å². The van der Waals surface area contributed by atoms with Crippen molar-refractivity contribution in [3.05, 3.63) is 35.3 Å². The fourth-order valence-corrected chi connectivity index (χ4v) is 2.64. The number of benzene rings is 1. The standard InChI is InChI=1S/C17H20N2O4S/c1-4-23-12-7-5-11(6-8-12)15-19-13(9-24-15)14(20)18-10-17(2,3)16(21)22/h5-9H,4,10H2,1-3H3,(H,18,20)(H,21,22). The summed E-state index contributed by atoms with van der Waals surface area (Å²) in [6.07, 6.45) is 0. The van der Waals surface area contributed by atoms with Gasteiger partial charge in [0, 0.05) is 17.5 Å². The summed E-state index contributed by atoms with van der Waals surface area (Å²) < 4.78 is 5.39. The molecule has 0 saturated heterocycles. The van der Waals surface area contributed by atoms with Crippen molar-refractivity contribution in [2.45, 2.75) is 20.8 Å². The predicted molar refractivity (Wildman–Crippen MR) is 92.5 cm³/mol. The molecule has 0 atom stereocenters. The van der Waals surface area contributed by atoms with Crippen LogP contribution in [0.25, 0.3) is 10.6 Å². The highest BCUT2D eigenvalue weighted by Crippen LogP contribution is 2.26. The third-order valence-electron chi connectivity index (χ3n) is 3.42. The molecule has 2 N–H and O–H groups in total. The monoisotopic (exact) mass is 348 g/mol. The molecule has 1 amide bonds. The van der Waals surface area contributed by atoms with Crippen molar-refractivity contribution in [2.24, 2.45) is 5.41 Å². The van der Waals surface area contributed by atoms with Crippen LogP contribution in [-0.4, -0.2) is 35.1 Å². The van der Waals surface area contributed by atoms with Gasteiger partial charge in [0.15, 0.2) is 0 Å². The smallest absolute Gasteiger partial charge is 0.310 e. The number of amides is 1. The van der Waals surface area contributed by atoms with Gasteiger partial charge in [-0.2, -0.15) is 0 Å². The van der Waals surface area contributed by atoms with Crippen LogP contribution in [0.3, 0.4) is 0 Å². The van der Waals surface area contributed by atoms with Gasteiger partial charge >= 0.3 is 5.97 Å². The molecule has 0 spiro atoms. The van der Waals surface area contributed by atoms with Crippen LogP contribution in [0.4, 0.5) is 0 Å². The van der Waals surface area contributed by atoms with E-state index < -0.39 is 11.4 Å². The zero-order valence-electron chi connectivity index (χ0n) is 13.8. The second kappa shape index (κ2) is 7.44. The minimum atomic E-state index is -1.02. The van der Waals surface area contributed by atoms with Crippen molar-refractivity contribution in [2.75, 3.05) is 13.2 Å². The molecule has 7 heteroatoms. The molecule has 0 aliphatic rings. The van der Waals surface area contributed by atoms with Crippen LogP contribution >= 0.6 is 11.3 Å². The highest BCUT2D eigenvalue weighted by Gasteiger charge is 2.28. The summed E-state index contributed by atoms with van der Waals surface area (Å²) in [5, 5.41) is 14.1. The number of thiazole rings is 1. The maximum atomic E-state index is 12.1. The Bertz CT molecular complexity index is 722. The summed E-state index contributed by atoms with van der Waals surface area (Å²) in [5.41, 5.74) is 0.155. The fourth-order valence-electron chi connectivity index (χ4n) is 1.84. The van der Waals surface area contributed by atoms with E-state index in [1.54, 1.807) is 19.2 Å². The molecule has 2 rings (SSSR count). The first kappa shape index (κ1) is 17.9. The summed E-state index contributed by atoms with van der Waals surface area (Å²) in [6.45, 7) is 5.68. The maximum absolute atomic E-state index is 12.1. The second-order valence-electron chi connectivity index (χ2n) is 5.87. The molecule has 24 heavy (non-hydrogen) atoms. The number of nitrogens with one attached hydrogen (secondary N) is 1. The third-order valence-corrected chi connectivity index (χ3v) is 4.31. The van der Waals surface area contributed by atoms with E-state index >= 15 is 0 Å². The lowest BCUT2D eigenvalue weighted by molar-refractivity contribution is -0.146. The first-order valence-electron chi connectivity index (χ1n) is 7.54. The number of ether oxygens (including phenoxy) is 1. The van der Waals surface area contributed by atoms with Crippen LogP contribution in [0.15, 0.2) is 29.6 Å². The van der Waals surface area contributed by atoms with Crippen LogP contribution in [0.5, 0.6) is 5.75 Å². The van der Waals surface area contributed by atoms with E-state index in [1.165, 1.54) is 11.3 Å². The number of hydrogen-bond acceptors (Lipinski definition) is 5. The van der Waals surface area contributed by atoms with E-state index in [0.717, 1.165) is 16.3 Å². The molecule has 0 aliphatic carbocycles. The van der Waals surface area contributed by atoms with Crippen molar-refractivity contribution in [1.82, 2.24) is 10.3 Å². The summed E-state index contributed by atoms with van der Waals surface area (Å²) in [7, 11) is 0. The van der Waals surface area contributed by atoms with E-state index in [1.807, 2.05) is 31.2 Å². The molecule has 1 heterocycles. The van der Waals surface area contributed by atoms with Gasteiger partial charge in [0.05, 0.1) is 12.0 Å². The van der Waals surface area contributed by atoms with Crippen LogP contribution < -0.4 is 10.1 Å². The number of carboxylic acids is 1. The van der Waals surface area contributed by atoms with Crippen molar-refractivity contribution < 1.29 is 19.4 Å². The van der Waals surface area contributed by atoms with Crippen LogP contribution in [0, 0.1) is 5.41 Å². The van der Waals surface area contributed by atoms with Crippen molar-refractivity contribution in [3.8, 4) is 16.3 Å². The SMILES string of the molecule is CCOc1ccc(-c2nc(C(=O)NCC(C)(C)C(=O)O)cs2)cc1. The van der Waals surface area contributed by atoms with Gasteiger partial charge in [-0.25, -0.2) is 4.98 Å². The number of aliphatic carboxylic acids is 1. The molecular formula is C17H20N2O4S. The largest absolute Gasteiger partial charge is 0.494 e. The third kappa shape index (κ3) is 4.32. The lowest BCUT2D eigenvalue weighted by Crippen LogP contribution is -2.39.